The molecule has 1 aromatic rings. The quantitative estimate of drug-likeness (QED) is 0.790. The first-order valence-electron chi connectivity index (χ1n) is 8.89. The van der Waals surface area contributed by atoms with E-state index in [9.17, 15) is 9.90 Å². The van der Waals surface area contributed by atoms with E-state index in [0.717, 1.165) is 51.9 Å². The van der Waals surface area contributed by atoms with Crippen LogP contribution in [-0.4, -0.2) is 48.2 Å². The molecule has 1 aliphatic heterocycles. The highest BCUT2D eigenvalue weighted by Crippen LogP contribution is 2.48. The topological polar surface area (TPSA) is 52.6 Å². The molecule has 4 nitrogen and oxygen atoms in total. The van der Waals surface area contributed by atoms with Gasteiger partial charge in [0.1, 0.15) is 0 Å². The van der Waals surface area contributed by atoms with Gasteiger partial charge in [0.2, 0.25) is 5.91 Å². The summed E-state index contributed by atoms with van der Waals surface area (Å²) in [6.45, 7) is 5.85. The zero-order chi connectivity index (χ0) is 16.2. The second-order valence-electron chi connectivity index (χ2n) is 7.02. The van der Waals surface area contributed by atoms with Crippen LogP contribution in [0.5, 0.6) is 0 Å². The lowest BCUT2D eigenvalue weighted by atomic mass is 10.0. The van der Waals surface area contributed by atoms with E-state index < -0.39 is 0 Å². The van der Waals surface area contributed by atoms with Crippen LogP contribution >= 0.6 is 0 Å². The predicted molar refractivity (Wildman–Crippen MR) is 91.3 cm³/mol. The fourth-order valence-electron chi connectivity index (χ4n) is 3.62. The Morgan fingerprint density at radius 1 is 1.30 bits per heavy atom. The van der Waals surface area contributed by atoms with Gasteiger partial charge in [0.05, 0.1) is 6.10 Å². The van der Waals surface area contributed by atoms with Crippen LogP contribution < -0.4 is 5.32 Å². The number of hydrogen-bond donors (Lipinski definition) is 2. The van der Waals surface area contributed by atoms with E-state index >= 15 is 0 Å². The highest BCUT2D eigenvalue weighted by atomic mass is 16.3. The molecule has 0 aromatic heterocycles. The van der Waals surface area contributed by atoms with Crippen LogP contribution in [0.1, 0.15) is 42.7 Å². The predicted octanol–water partition coefficient (Wildman–Crippen LogP) is 2.06. The number of nitrogens with zero attached hydrogens (tertiary/aromatic N) is 1. The lowest BCUT2D eigenvalue weighted by molar-refractivity contribution is -0.122. The molecule has 2 fully saturated rings. The van der Waals surface area contributed by atoms with Gasteiger partial charge in [-0.15, -0.1) is 0 Å². The van der Waals surface area contributed by atoms with Crippen LogP contribution in [0.2, 0.25) is 0 Å². The molecule has 3 rings (SSSR count). The monoisotopic (exact) mass is 316 g/mol. The maximum absolute atomic E-state index is 12.2. The van der Waals surface area contributed by atoms with Crippen LogP contribution in [0.3, 0.4) is 0 Å². The van der Waals surface area contributed by atoms with Crippen LogP contribution in [0.15, 0.2) is 24.3 Å². The largest absolute Gasteiger partial charge is 0.393 e. The Hall–Kier alpha value is -1.39. The first kappa shape index (κ1) is 16.5. The summed E-state index contributed by atoms with van der Waals surface area (Å²) in [4.78, 5) is 14.6. The van der Waals surface area contributed by atoms with E-state index in [1.54, 1.807) is 0 Å². The number of benzene rings is 1. The number of nitrogens with one attached hydrogen (secondary N) is 1. The minimum atomic E-state index is -0.112. The summed E-state index contributed by atoms with van der Waals surface area (Å²) in [6.07, 6.45) is 3.63. The summed E-state index contributed by atoms with van der Waals surface area (Å²) in [6, 6.07) is 8.39. The van der Waals surface area contributed by atoms with Gasteiger partial charge in [-0.2, -0.15) is 0 Å². The summed E-state index contributed by atoms with van der Waals surface area (Å²) in [5, 5.41) is 12.6. The van der Waals surface area contributed by atoms with Gasteiger partial charge in [0.15, 0.2) is 0 Å². The van der Waals surface area contributed by atoms with Crippen molar-refractivity contribution in [1.82, 2.24) is 10.2 Å². The number of aryl methyl sites for hydroxylation is 1. The molecule has 1 heterocycles. The summed E-state index contributed by atoms with van der Waals surface area (Å²) in [7, 11) is 0. The molecular weight excluding hydrogens is 288 g/mol. The summed E-state index contributed by atoms with van der Waals surface area (Å²) < 4.78 is 0. The van der Waals surface area contributed by atoms with Crippen molar-refractivity contribution < 1.29 is 9.90 Å². The number of carbonyl (C=O) groups excluding carboxylic acids is 1. The fourth-order valence-corrected chi connectivity index (χ4v) is 3.62. The molecule has 2 atom stereocenters. The summed E-state index contributed by atoms with van der Waals surface area (Å²) >= 11 is 0. The number of piperidine rings is 1. The van der Waals surface area contributed by atoms with Gasteiger partial charge in [0, 0.05) is 25.6 Å². The van der Waals surface area contributed by atoms with Crippen molar-refractivity contribution in [3.05, 3.63) is 35.4 Å². The van der Waals surface area contributed by atoms with Crippen LogP contribution in [0.4, 0.5) is 0 Å². The molecule has 0 bridgehead atoms. The average molecular weight is 316 g/mol. The molecular formula is C19H28N2O2. The molecule has 1 aliphatic carbocycles. The summed E-state index contributed by atoms with van der Waals surface area (Å²) in [5.74, 6) is 0.799. The van der Waals surface area contributed by atoms with Crippen molar-refractivity contribution in [2.24, 2.45) is 5.92 Å². The van der Waals surface area contributed by atoms with Gasteiger partial charge in [-0.25, -0.2) is 0 Å². The van der Waals surface area contributed by atoms with E-state index in [0.29, 0.717) is 5.92 Å². The lowest BCUT2D eigenvalue weighted by Crippen LogP contribution is -2.37. The SMILES string of the molecule is Cc1ccccc1C1CC1C(=O)NCCCN1CCC(O)CC1. The number of hydrogen-bond acceptors (Lipinski definition) is 3. The highest BCUT2D eigenvalue weighted by molar-refractivity contribution is 5.83. The average Bonchev–Trinajstić information content (AvgIpc) is 3.34. The van der Waals surface area contributed by atoms with Gasteiger partial charge < -0.3 is 15.3 Å². The van der Waals surface area contributed by atoms with Gasteiger partial charge in [-0.1, -0.05) is 24.3 Å². The number of rotatable bonds is 6. The number of aliphatic hydroxyl groups is 1. The molecule has 4 heteroatoms. The fraction of sp³-hybridized carbons (Fsp3) is 0.632. The molecule has 2 unspecified atom stereocenters. The van der Waals surface area contributed by atoms with Crippen LogP contribution in [0, 0.1) is 12.8 Å². The Labute approximate surface area is 138 Å². The first-order chi connectivity index (χ1) is 11.1. The van der Waals surface area contributed by atoms with Crippen molar-refractivity contribution in [2.45, 2.75) is 44.6 Å². The molecule has 23 heavy (non-hydrogen) atoms. The smallest absolute Gasteiger partial charge is 0.223 e. The van der Waals surface area contributed by atoms with E-state index in [2.05, 4.69) is 41.4 Å². The van der Waals surface area contributed by atoms with Crippen molar-refractivity contribution in [3.8, 4) is 0 Å². The molecule has 1 aromatic carbocycles. The summed E-state index contributed by atoms with van der Waals surface area (Å²) in [5.41, 5.74) is 2.62. The number of amides is 1. The van der Waals surface area contributed by atoms with Gasteiger partial charge >= 0.3 is 0 Å². The van der Waals surface area contributed by atoms with Gasteiger partial charge in [-0.05, 0) is 56.2 Å². The Kier molecular flexibility index (Phi) is 5.34. The van der Waals surface area contributed by atoms with E-state index in [-0.39, 0.29) is 17.9 Å². The molecule has 1 saturated heterocycles. The van der Waals surface area contributed by atoms with E-state index in [1.165, 1.54) is 11.1 Å². The molecule has 2 N–H and O–H groups in total. The standard InChI is InChI=1S/C19H28N2O2/c1-14-5-2-3-6-16(14)17-13-18(17)19(23)20-9-4-10-21-11-7-15(22)8-12-21/h2-3,5-6,15,17-18,22H,4,7-13H2,1H3,(H,20,23). The van der Waals surface area contributed by atoms with E-state index in [1.807, 2.05) is 0 Å². The van der Waals surface area contributed by atoms with Crippen molar-refractivity contribution >= 4 is 5.91 Å². The van der Waals surface area contributed by atoms with E-state index in [4.69, 9.17) is 0 Å². The van der Waals surface area contributed by atoms with Crippen LogP contribution in [0.25, 0.3) is 0 Å². The molecule has 2 aliphatic rings. The number of likely N-dealkylation sites (tertiary alicyclic amines) is 1. The molecule has 1 saturated carbocycles. The van der Waals surface area contributed by atoms with Gasteiger partial charge in [-0.3, -0.25) is 4.79 Å². The number of aliphatic hydroxyl groups excluding tert-OH is 1. The Balaban J connectivity index is 1.34. The molecule has 0 radical (unpaired) electrons. The second-order valence-corrected chi connectivity index (χ2v) is 7.02. The van der Waals surface area contributed by atoms with Crippen molar-refractivity contribution in [2.75, 3.05) is 26.2 Å². The minimum absolute atomic E-state index is 0.112. The zero-order valence-corrected chi connectivity index (χ0v) is 14.0. The third-order valence-corrected chi connectivity index (χ3v) is 5.22. The molecule has 0 spiro atoms. The maximum atomic E-state index is 12.2. The maximum Gasteiger partial charge on any atom is 0.223 e. The third kappa shape index (κ3) is 4.33. The zero-order valence-electron chi connectivity index (χ0n) is 14.0. The molecule has 126 valence electrons. The first-order valence-corrected chi connectivity index (χ1v) is 8.89. The minimum Gasteiger partial charge on any atom is -0.393 e. The van der Waals surface area contributed by atoms with Gasteiger partial charge in [0.25, 0.3) is 0 Å². The highest BCUT2D eigenvalue weighted by Gasteiger charge is 2.44. The van der Waals surface area contributed by atoms with Crippen molar-refractivity contribution in [1.29, 1.82) is 0 Å². The van der Waals surface area contributed by atoms with Crippen LogP contribution in [-0.2, 0) is 4.79 Å². The Morgan fingerprint density at radius 3 is 2.78 bits per heavy atom. The Bertz CT molecular complexity index is 538. The third-order valence-electron chi connectivity index (χ3n) is 5.22. The number of carbonyl (C=O) groups is 1. The lowest BCUT2D eigenvalue weighted by Gasteiger charge is -2.29. The second kappa shape index (κ2) is 7.45. The molecule has 1 amide bonds. The Morgan fingerprint density at radius 2 is 2.04 bits per heavy atom. The van der Waals surface area contributed by atoms with Crippen molar-refractivity contribution in [3.63, 3.8) is 0 Å². The normalized spacial score (nSPS) is 25.3.